The summed E-state index contributed by atoms with van der Waals surface area (Å²) in [6.45, 7) is 7.86. The second-order valence-electron chi connectivity index (χ2n) is 10.6. The molecule has 0 bridgehead atoms. The van der Waals surface area contributed by atoms with Crippen molar-refractivity contribution in [3.05, 3.63) is 70.1 Å². The van der Waals surface area contributed by atoms with E-state index in [1.165, 1.54) is 27.9 Å². The number of Topliss-reactive ketones (excluding diaryl/α,β-unsaturated/α-hetero) is 1. The molecular weight excluding hydrogens is 509 g/mol. The highest BCUT2D eigenvalue weighted by atomic mass is 35.5. The number of hydrogen-bond donors (Lipinski definition) is 2. The predicted octanol–water partition coefficient (Wildman–Crippen LogP) is 3.02. The van der Waals surface area contributed by atoms with Crippen molar-refractivity contribution in [2.45, 2.75) is 51.5 Å². The molecule has 2 aromatic carbocycles. The Bertz CT molecular complexity index is 1360. The topological polar surface area (TPSA) is 95.0 Å². The molecule has 2 aliphatic heterocycles. The van der Waals surface area contributed by atoms with Crippen molar-refractivity contribution in [3.8, 4) is 0 Å². The zero-order valence-corrected chi connectivity index (χ0v) is 22.4. The lowest BCUT2D eigenvalue weighted by molar-refractivity contribution is -0.125. The van der Waals surface area contributed by atoms with Gasteiger partial charge in [-0.2, -0.15) is 0 Å². The van der Waals surface area contributed by atoms with E-state index in [1.54, 1.807) is 6.07 Å². The van der Waals surface area contributed by atoms with Gasteiger partial charge in [0, 0.05) is 68.0 Å². The maximum Gasteiger partial charge on any atom is 0.295 e. The first kappa shape index (κ1) is 26.6. The summed E-state index contributed by atoms with van der Waals surface area (Å²) in [6, 6.07) is 10.8. The number of nitrogen functional groups attached to an aromatic ring is 1. The summed E-state index contributed by atoms with van der Waals surface area (Å²) in [6.07, 6.45) is 1.33. The molecular formula is C28H33ClFN5O3. The van der Waals surface area contributed by atoms with Crippen LogP contribution in [0.1, 0.15) is 41.8 Å². The number of hydrogen-bond acceptors (Lipinski definition) is 6. The molecule has 3 atom stereocenters. The van der Waals surface area contributed by atoms with Crippen molar-refractivity contribution in [2.24, 2.45) is 0 Å². The molecule has 3 heterocycles. The second-order valence-corrected chi connectivity index (χ2v) is 11.0. The van der Waals surface area contributed by atoms with E-state index >= 15 is 0 Å². The molecule has 202 valence electrons. The van der Waals surface area contributed by atoms with E-state index in [0.717, 1.165) is 30.8 Å². The number of nitrogens with zero attached hydrogens (tertiary/aromatic N) is 4. The summed E-state index contributed by atoms with van der Waals surface area (Å²) in [4.78, 5) is 32.1. The number of rotatable bonds is 6. The van der Waals surface area contributed by atoms with E-state index in [0.29, 0.717) is 35.4 Å². The van der Waals surface area contributed by atoms with Crippen LogP contribution in [0.3, 0.4) is 0 Å². The lowest BCUT2D eigenvalue weighted by Crippen LogP contribution is -2.55. The number of aliphatic hydroxyl groups is 1. The van der Waals surface area contributed by atoms with E-state index in [2.05, 4.69) is 23.6 Å². The second kappa shape index (κ2) is 10.6. The molecule has 2 fully saturated rings. The van der Waals surface area contributed by atoms with Gasteiger partial charge in [0.1, 0.15) is 5.82 Å². The summed E-state index contributed by atoms with van der Waals surface area (Å²) in [5, 5.41) is 10.9. The Morgan fingerprint density at radius 2 is 1.71 bits per heavy atom. The third-order valence-electron chi connectivity index (χ3n) is 7.81. The zero-order chi connectivity index (χ0) is 27.1. The molecule has 2 saturated heterocycles. The van der Waals surface area contributed by atoms with E-state index in [1.807, 2.05) is 18.2 Å². The summed E-state index contributed by atoms with van der Waals surface area (Å²) in [7, 11) is 0. The Kier molecular flexibility index (Phi) is 7.46. The Hall–Kier alpha value is -2.98. The summed E-state index contributed by atoms with van der Waals surface area (Å²) < 4.78 is 14.6. The van der Waals surface area contributed by atoms with Gasteiger partial charge in [0.05, 0.1) is 17.2 Å². The number of carbonyl (C=O) groups is 2. The Morgan fingerprint density at radius 1 is 1.05 bits per heavy atom. The molecule has 3 N–H and O–H groups in total. The molecule has 5 rings (SSSR count). The lowest BCUT2D eigenvalue weighted by atomic mass is 10.0. The number of β-amino-alcohol motifs (C(OH)–C–C–N with tert-alkyl or cyclic N) is 1. The third kappa shape index (κ3) is 5.29. The monoisotopic (exact) mass is 541 g/mol. The molecule has 0 unspecified atom stereocenters. The number of aliphatic hydroxyl groups excluding tert-OH is 1. The normalized spacial score (nSPS) is 22.9. The maximum absolute atomic E-state index is 13.3. The molecule has 0 aliphatic carbocycles. The van der Waals surface area contributed by atoms with Crippen LogP contribution in [0.4, 0.5) is 4.39 Å². The standard InChI is InChI=1S/C28H33ClFN5O3/c1-17-12-34(18(2)11-33(17)13-19-3-5-21(30)6-4-19)14-20-9-23-24(16-35(31)26(23)10-25(20)29)27(37)28(38)32-8-7-22(36)15-32/h3-6,9-10,16-18,22,36H,7-8,11-15,31H2,1-2H3/t17-,18+,22+/m0/s1. The van der Waals surface area contributed by atoms with Crippen LogP contribution in [-0.4, -0.2) is 80.5 Å². The molecule has 10 heteroatoms. The number of ketones is 1. The van der Waals surface area contributed by atoms with Crippen LogP contribution in [0.25, 0.3) is 10.9 Å². The summed E-state index contributed by atoms with van der Waals surface area (Å²) in [5.41, 5.74) is 2.74. The van der Waals surface area contributed by atoms with Crippen molar-refractivity contribution in [1.82, 2.24) is 19.4 Å². The number of fused-ring (bicyclic) bond motifs is 1. The minimum absolute atomic E-state index is 0.159. The fourth-order valence-corrected chi connectivity index (χ4v) is 5.77. The number of benzene rings is 2. The van der Waals surface area contributed by atoms with Gasteiger partial charge in [-0.3, -0.25) is 24.1 Å². The quantitative estimate of drug-likeness (QED) is 0.283. The van der Waals surface area contributed by atoms with Crippen LogP contribution in [0.5, 0.6) is 0 Å². The Balaban J connectivity index is 1.34. The first-order chi connectivity index (χ1) is 18.1. The SMILES string of the molecule is C[C@@H]1CN(Cc2ccc(F)cc2)[C@@H](C)CN1Cc1cc2c(C(=O)C(=O)N3CC[C@@H](O)C3)cn(N)c2cc1Cl. The Labute approximate surface area is 226 Å². The molecule has 2 aliphatic rings. The third-order valence-corrected chi connectivity index (χ3v) is 8.16. The average molecular weight is 542 g/mol. The number of nitrogens with two attached hydrogens (primary N) is 1. The van der Waals surface area contributed by atoms with Crippen molar-refractivity contribution in [3.63, 3.8) is 0 Å². The number of aromatic nitrogens is 1. The maximum atomic E-state index is 13.3. The molecule has 0 saturated carbocycles. The fraction of sp³-hybridized carbons (Fsp3) is 0.429. The van der Waals surface area contributed by atoms with Crippen molar-refractivity contribution >= 4 is 34.2 Å². The minimum atomic E-state index is -0.641. The molecule has 0 spiro atoms. The van der Waals surface area contributed by atoms with E-state index in [9.17, 15) is 19.1 Å². The van der Waals surface area contributed by atoms with E-state index in [4.69, 9.17) is 17.4 Å². The first-order valence-electron chi connectivity index (χ1n) is 12.9. The highest BCUT2D eigenvalue weighted by Crippen LogP contribution is 2.30. The number of likely N-dealkylation sites (tertiary alicyclic amines) is 1. The molecule has 1 amide bonds. The molecule has 1 aromatic heterocycles. The number of piperazine rings is 1. The van der Waals surface area contributed by atoms with Gasteiger partial charge in [-0.05, 0) is 55.7 Å². The van der Waals surface area contributed by atoms with E-state index < -0.39 is 17.8 Å². The van der Waals surface area contributed by atoms with Crippen molar-refractivity contribution < 1.29 is 19.1 Å². The van der Waals surface area contributed by atoms with Crippen molar-refractivity contribution in [1.29, 1.82) is 0 Å². The molecule has 8 nitrogen and oxygen atoms in total. The predicted molar refractivity (Wildman–Crippen MR) is 145 cm³/mol. The highest BCUT2D eigenvalue weighted by Gasteiger charge is 2.32. The van der Waals surface area contributed by atoms with Crippen LogP contribution >= 0.6 is 11.6 Å². The van der Waals surface area contributed by atoms with Crippen LogP contribution in [-0.2, 0) is 17.9 Å². The van der Waals surface area contributed by atoms with Crippen LogP contribution in [0.2, 0.25) is 5.02 Å². The average Bonchev–Trinajstić information content (AvgIpc) is 3.45. The van der Waals surface area contributed by atoms with Crippen LogP contribution in [0.15, 0.2) is 42.6 Å². The Morgan fingerprint density at radius 3 is 2.34 bits per heavy atom. The van der Waals surface area contributed by atoms with Gasteiger partial charge in [-0.15, -0.1) is 0 Å². The van der Waals surface area contributed by atoms with Crippen LogP contribution < -0.4 is 5.84 Å². The highest BCUT2D eigenvalue weighted by molar-refractivity contribution is 6.45. The summed E-state index contributed by atoms with van der Waals surface area (Å²) in [5.74, 6) is 4.62. The number of carbonyl (C=O) groups excluding carboxylic acids is 2. The van der Waals surface area contributed by atoms with Crippen LogP contribution in [0, 0.1) is 5.82 Å². The summed E-state index contributed by atoms with van der Waals surface area (Å²) >= 11 is 6.67. The van der Waals surface area contributed by atoms with Gasteiger partial charge in [-0.1, -0.05) is 23.7 Å². The van der Waals surface area contributed by atoms with Gasteiger partial charge >= 0.3 is 0 Å². The zero-order valence-electron chi connectivity index (χ0n) is 21.6. The first-order valence-corrected chi connectivity index (χ1v) is 13.3. The van der Waals surface area contributed by atoms with Crippen molar-refractivity contribution in [2.75, 3.05) is 32.0 Å². The van der Waals surface area contributed by atoms with E-state index in [-0.39, 0.29) is 30.0 Å². The van der Waals surface area contributed by atoms with Gasteiger partial charge in [-0.25, -0.2) is 4.39 Å². The molecule has 38 heavy (non-hydrogen) atoms. The van der Waals surface area contributed by atoms with Gasteiger partial charge in [0.2, 0.25) is 0 Å². The fourth-order valence-electron chi connectivity index (χ4n) is 5.56. The smallest absolute Gasteiger partial charge is 0.295 e. The minimum Gasteiger partial charge on any atom is -0.391 e. The number of amides is 1. The molecule has 0 radical (unpaired) electrons. The molecule has 3 aromatic rings. The van der Waals surface area contributed by atoms with Gasteiger partial charge < -0.3 is 15.8 Å². The lowest BCUT2D eigenvalue weighted by Gasteiger charge is -2.44. The number of halogens is 2. The van der Waals surface area contributed by atoms with Gasteiger partial charge in [0.25, 0.3) is 11.7 Å². The van der Waals surface area contributed by atoms with Gasteiger partial charge in [0.15, 0.2) is 0 Å². The largest absolute Gasteiger partial charge is 0.391 e.